The fraction of sp³-hybridized carbons (Fsp3) is 0.900. The second kappa shape index (κ2) is 7.56. The molecule has 5 N–H and O–H groups in total. The number of amides is 1. The molecule has 0 aromatic heterocycles. The Hall–Kier alpha value is -0.690. The quantitative estimate of drug-likeness (QED) is 0.387. The third-order valence-electron chi connectivity index (χ3n) is 2.18. The molecule has 0 spiro atoms. The van der Waals surface area contributed by atoms with Gasteiger partial charge in [0.05, 0.1) is 12.6 Å². The predicted molar refractivity (Wildman–Crippen MR) is 59.8 cm³/mol. The number of nitrogens with one attached hydrogen (secondary N) is 1. The van der Waals surface area contributed by atoms with E-state index in [1.54, 1.807) is 7.11 Å². The summed E-state index contributed by atoms with van der Waals surface area (Å²) in [6.45, 7) is 1.57. The molecule has 0 aromatic rings. The van der Waals surface area contributed by atoms with E-state index in [4.69, 9.17) is 15.6 Å². The van der Waals surface area contributed by atoms with Crippen molar-refractivity contribution >= 4 is 5.91 Å². The molecule has 2 unspecified atom stereocenters. The summed E-state index contributed by atoms with van der Waals surface area (Å²) in [5, 5.41) is 20.7. The zero-order valence-corrected chi connectivity index (χ0v) is 9.90. The highest BCUT2D eigenvalue weighted by atomic mass is 16.5. The number of carbonyl (C=O) groups excluding carboxylic acids is 1. The molecule has 2 atom stereocenters. The number of aliphatic hydroxyl groups excluding tert-OH is 1. The van der Waals surface area contributed by atoms with E-state index in [-0.39, 0.29) is 12.5 Å². The first-order chi connectivity index (χ1) is 7.43. The lowest BCUT2D eigenvalue weighted by molar-refractivity contribution is -0.124. The van der Waals surface area contributed by atoms with Gasteiger partial charge in [-0.2, -0.15) is 0 Å². The monoisotopic (exact) mass is 234 g/mol. The van der Waals surface area contributed by atoms with Gasteiger partial charge in [-0.05, 0) is 19.8 Å². The third kappa shape index (κ3) is 6.73. The Kier molecular flexibility index (Phi) is 7.24. The number of hydrogen-bond acceptors (Lipinski definition) is 5. The maximum atomic E-state index is 11.4. The van der Waals surface area contributed by atoms with E-state index in [0.29, 0.717) is 19.4 Å². The van der Waals surface area contributed by atoms with Crippen LogP contribution in [0.4, 0.5) is 0 Å². The molecule has 0 bridgehead atoms. The van der Waals surface area contributed by atoms with E-state index in [1.807, 2.05) is 0 Å². The van der Waals surface area contributed by atoms with Crippen molar-refractivity contribution in [2.75, 3.05) is 26.9 Å². The molecule has 6 nitrogen and oxygen atoms in total. The second-order valence-corrected chi connectivity index (χ2v) is 4.11. The highest BCUT2D eigenvalue weighted by Crippen LogP contribution is 2.00. The number of aliphatic hydroxyl groups is 2. The summed E-state index contributed by atoms with van der Waals surface area (Å²) in [6.07, 6.45) is 1.24. The van der Waals surface area contributed by atoms with Gasteiger partial charge in [0.1, 0.15) is 5.60 Å². The average Bonchev–Trinajstić information content (AvgIpc) is 2.26. The van der Waals surface area contributed by atoms with Crippen LogP contribution in [-0.2, 0) is 9.53 Å². The summed E-state index contributed by atoms with van der Waals surface area (Å²) in [5.41, 5.74) is 4.31. The van der Waals surface area contributed by atoms with Gasteiger partial charge in [-0.3, -0.25) is 4.79 Å². The summed E-state index contributed by atoms with van der Waals surface area (Å²) in [5.74, 6) is -0.329. The van der Waals surface area contributed by atoms with Crippen molar-refractivity contribution in [1.82, 2.24) is 5.32 Å². The molecular formula is C10H22N2O4. The number of methoxy groups -OCH3 is 1. The van der Waals surface area contributed by atoms with Crippen molar-refractivity contribution < 1.29 is 19.7 Å². The molecule has 0 aliphatic carbocycles. The van der Waals surface area contributed by atoms with Gasteiger partial charge < -0.3 is 26.0 Å². The number of ether oxygens (including phenoxy) is 1. The standard InChI is InChI=1S/C10H22N2O4/c1-10(15,7-13)6-12-9(14)8(11)4-3-5-16-2/h8,13,15H,3-7,11H2,1-2H3,(H,12,14). The van der Waals surface area contributed by atoms with E-state index in [9.17, 15) is 9.90 Å². The first-order valence-electron chi connectivity index (χ1n) is 5.28. The van der Waals surface area contributed by atoms with Gasteiger partial charge in [-0.1, -0.05) is 0 Å². The van der Waals surface area contributed by atoms with E-state index in [2.05, 4.69) is 5.32 Å². The highest BCUT2D eigenvalue weighted by molar-refractivity contribution is 5.81. The minimum Gasteiger partial charge on any atom is -0.393 e. The Bertz CT molecular complexity index is 209. The van der Waals surface area contributed by atoms with Gasteiger partial charge in [-0.15, -0.1) is 0 Å². The number of carbonyl (C=O) groups is 1. The second-order valence-electron chi connectivity index (χ2n) is 4.11. The summed E-state index contributed by atoms with van der Waals surface area (Å²) >= 11 is 0. The van der Waals surface area contributed by atoms with Crippen molar-refractivity contribution in [3.63, 3.8) is 0 Å². The van der Waals surface area contributed by atoms with Crippen LogP contribution in [0.15, 0.2) is 0 Å². The fourth-order valence-corrected chi connectivity index (χ4v) is 1.04. The van der Waals surface area contributed by atoms with Gasteiger partial charge in [0, 0.05) is 20.3 Å². The predicted octanol–water partition coefficient (Wildman–Crippen LogP) is -1.40. The molecule has 0 rings (SSSR count). The van der Waals surface area contributed by atoms with Crippen molar-refractivity contribution in [3.8, 4) is 0 Å². The van der Waals surface area contributed by atoms with Gasteiger partial charge in [0.15, 0.2) is 0 Å². The Morgan fingerprint density at radius 1 is 1.62 bits per heavy atom. The molecule has 1 amide bonds. The summed E-state index contributed by atoms with van der Waals surface area (Å²) in [7, 11) is 1.59. The molecule has 96 valence electrons. The summed E-state index contributed by atoms with van der Waals surface area (Å²) < 4.78 is 4.84. The molecule has 0 radical (unpaired) electrons. The molecule has 0 heterocycles. The summed E-state index contributed by atoms with van der Waals surface area (Å²) in [4.78, 5) is 11.4. The number of nitrogens with two attached hydrogens (primary N) is 1. The van der Waals surface area contributed by atoms with Gasteiger partial charge in [0.25, 0.3) is 0 Å². The smallest absolute Gasteiger partial charge is 0.237 e. The van der Waals surface area contributed by atoms with Crippen LogP contribution in [-0.4, -0.2) is 54.6 Å². The van der Waals surface area contributed by atoms with Crippen LogP contribution in [0.25, 0.3) is 0 Å². The maximum Gasteiger partial charge on any atom is 0.237 e. The zero-order valence-electron chi connectivity index (χ0n) is 9.90. The van der Waals surface area contributed by atoms with Crippen molar-refractivity contribution in [2.24, 2.45) is 5.73 Å². The molecule has 0 aliphatic heterocycles. The van der Waals surface area contributed by atoms with Crippen LogP contribution in [0, 0.1) is 0 Å². The van der Waals surface area contributed by atoms with Crippen LogP contribution in [0.2, 0.25) is 0 Å². The van der Waals surface area contributed by atoms with E-state index >= 15 is 0 Å². The number of rotatable bonds is 8. The first kappa shape index (κ1) is 15.3. The normalized spacial score (nSPS) is 16.6. The highest BCUT2D eigenvalue weighted by Gasteiger charge is 2.21. The lowest BCUT2D eigenvalue weighted by atomic mass is 10.1. The van der Waals surface area contributed by atoms with Crippen molar-refractivity contribution in [1.29, 1.82) is 0 Å². The molecular weight excluding hydrogens is 212 g/mol. The molecule has 0 saturated carbocycles. The Morgan fingerprint density at radius 2 is 2.25 bits per heavy atom. The lowest BCUT2D eigenvalue weighted by Gasteiger charge is -2.21. The van der Waals surface area contributed by atoms with E-state index < -0.39 is 18.2 Å². The SMILES string of the molecule is COCCCC(N)C(=O)NCC(C)(O)CO. The van der Waals surface area contributed by atoms with Crippen LogP contribution in [0.5, 0.6) is 0 Å². The number of hydrogen-bond donors (Lipinski definition) is 4. The Labute approximate surface area is 95.8 Å². The Balaban J connectivity index is 3.79. The molecule has 6 heteroatoms. The Morgan fingerprint density at radius 3 is 2.75 bits per heavy atom. The summed E-state index contributed by atoms with van der Waals surface area (Å²) in [6, 6.07) is -0.607. The van der Waals surface area contributed by atoms with Crippen LogP contribution < -0.4 is 11.1 Å². The maximum absolute atomic E-state index is 11.4. The molecule has 16 heavy (non-hydrogen) atoms. The largest absolute Gasteiger partial charge is 0.393 e. The topological polar surface area (TPSA) is 105 Å². The zero-order chi connectivity index (χ0) is 12.6. The molecule has 0 aliphatic rings. The van der Waals surface area contributed by atoms with E-state index in [0.717, 1.165) is 0 Å². The minimum absolute atomic E-state index is 0.0136. The van der Waals surface area contributed by atoms with Crippen molar-refractivity contribution in [3.05, 3.63) is 0 Å². The minimum atomic E-state index is -1.30. The first-order valence-corrected chi connectivity index (χ1v) is 5.28. The van der Waals surface area contributed by atoms with Gasteiger partial charge >= 0.3 is 0 Å². The molecule has 0 aromatic carbocycles. The fourth-order valence-electron chi connectivity index (χ4n) is 1.04. The molecule has 0 saturated heterocycles. The van der Waals surface area contributed by atoms with Crippen molar-refractivity contribution in [2.45, 2.75) is 31.4 Å². The van der Waals surface area contributed by atoms with E-state index in [1.165, 1.54) is 6.92 Å². The lowest BCUT2D eigenvalue weighted by Crippen LogP contribution is -2.48. The van der Waals surface area contributed by atoms with Crippen LogP contribution in [0.3, 0.4) is 0 Å². The molecule has 0 fully saturated rings. The average molecular weight is 234 g/mol. The van der Waals surface area contributed by atoms with Crippen LogP contribution >= 0.6 is 0 Å². The van der Waals surface area contributed by atoms with Gasteiger partial charge in [0.2, 0.25) is 5.91 Å². The third-order valence-corrected chi connectivity index (χ3v) is 2.18. The van der Waals surface area contributed by atoms with Gasteiger partial charge in [-0.25, -0.2) is 0 Å². The van der Waals surface area contributed by atoms with Crippen LogP contribution in [0.1, 0.15) is 19.8 Å².